The molecule has 35 heavy (non-hydrogen) atoms. The lowest BCUT2D eigenvalue weighted by molar-refractivity contribution is -0.105. The Labute approximate surface area is 209 Å². The van der Waals surface area contributed by atoms with Crippen LogP contribution in [-0.2, 0) is 4.79 Å². The Kier molecular flexibility index (Phi) is 7.26. The first-order chi connectivity index (χ1) is 16.4. The van der Waals surface area contributed by atoms with E-state index in [0.29, 0.717) is 29.7 Å². The minimum atomic E-state index is -0.500. The lowest BCUT2D eigenvalue weighted by atomic mass is 9.48. The minimum Gasteiger partial charge on any atom is -0.391 e. The molecule has 3 nitrogen and oxygen atoms in total. The van der Waals surface area contributed by atoms with Crippen molar-refractivity contribution in [2.75, 3.05) is 0 Å². The van der Waals surface area contributed by atoms with Gasteiger partial charge >= 0.3 is 0 Å². The van der Waals surface area contributed by atoms with Gasteiger partial charge in [-0.1, -0.05) is 25.5 Å². The smallest absolute Gasteiger partial charge is 0.163 e. The molecule has 0 radical (unpaired) electrons. The molecular formula is C31H41FO3. The molecule has 1 aromatic rings. The number of rotatable bonds is 4. The summed E-state index contributed by atoms with van der Waals surface area (Å²) in [5.74, 6) is 1.78. The second kappa shape index (κ2) is 9.76. The molecule has 190 valence electrons. The van der Waals surface area contributed by atoms with E-state index in [1.54, 1.807) is 32.9 Å². The predicted octanol–water partition coefficient (Wildman–Crippen LogP) is 7.24. The molecule has 0 saturated heterocycles. The van der Waals surface area contributed by atoms with Crippen LogP contribution in [0.1, 0.15) is 95.8 Å². The molecule has 2 saturated carbocycles. The maximum atomic E-state index is 13.3. The number of halogens is 1. The summed E-state index contributed by atoms with van der Waals surface area (Å²) in [6.45, 7) is 7.65. The van der Waals surface area contributed by atoms with Gasteiger partial charge in [0.1, 0.15) is 12.1 Å². The van der Waals surface area contributed by atoms with Crippen molar-refractivity contribution in [3.8, 4) is 0 Å². The molecule has 0 aromatic heterocycles. The van der Waals surface area contributed by atoms with Crippen molar-refractivity contribution in [2.45, 2.75) is 91.1 Å². The van der Waals surface area contributed by atoms with Gasteiger partial charge in [-0.15, -0.1) is 0 Å². The summed E-state index contributed by atoms with van der Waals surface area (Å²) in [5.41, 5.74) is 2.76. The topological polar surface area (TPSA) is 54.4 Å². The van der Waals surface area contributed by atoms with E-state index >= 15 is 0 Å². The number of ketones is 1. The standard InChI is InChI=1S/C27H31FO2.C4H10O/c1-26-13-10-18(17-29)15-20(26)6-9-22-23(26)11-14-27(12-2-3-24(22)27)16-25(30)19-4-7-21(28)8-5-19;1-4(2,3)5/h4-8,15,17,22-24H,2-3,9-14,16H2,1H3;5H,1-3H3/t22-,23+,24+,26+,27+;/m1./s1. The van der Waals surface area contributed by atoms with Crippen molar-refractivity contribution >= 4 is 12.1 Å². The van der Waals surface area contributed by atoms with Gasteiger partial charge in [-0.2, -0.15) is 0 Å². The highest BCUT2D eigenvalue weighted by atomic mass is 19.1. The van der Waals surface area contributed by atoms with Crippen molar-refractivity contribution in [1.29, 1.82) is 0 Å². The summed E-state index contributed by atoms with van der Waals surface area (Å²) in [7, 11) is 0. The van der Waals surface area contributed by atoms with Crippen LogP contribution in [0, 0.1) is 34.4 Å². The minimum absolute atomic E-state index is 0.118. The third-order valence-corrected chi connectivity index (χ3v) is 9.16. The zero-order valence-electron chi connectivity index (χ0n) is 21.8. The van der Waals surface area contributed by atoms with Crippen molar-refractivity contribution in [2.24, 2.45) is 28.6 Å². The molecule has 4 heteroatoms. The summed E-state index contributed by atoms with van der Waals surface area (Å²) in [4.78, 5) is 24.4. The normalized spacial score (nSPS) is 33.7. The highest BCUT2D eigenvalue weighted by Gasteiger charge is 2.57. The van der Waals surface area contributed by atoms with Crippen LogP contribution in [0.3, 0.4) is 0 Å². The summed E-state index contributed by atoms with van der Waals surface area (Å²) in [5, 5.41) is 8.52. The molecule has 5 atom stereocenters. The molecule has 0 spiro atoms. The fourth-order valence-corrected chi connectivity index (χ4v) is 7.60. The number of hydrogen-bond donors (Lipinski definition) is 1. The van der Waals surface area contributed by atoms with Crippen molar-refractivity contribution in [1.82, 2.24) is 0 Å². The fourth-order valence-electron chi connectivity index (χ4n) is 7.60. The summed E-state index contributed by atoms with van der Waals surface area (Å²) in [6, 6.07) is 6.07. The number of carbonyl (C=O) groups is 2. The molecular weight excluding hydrogens is 439 g/mol. The van der Waals surface area contributed by atoms with E-state index < -0.39 is 5.60 Å². The maximum absolute atomic E-state index is 13.3. The average molecular weight is 481 g/mol. The number of aldehydes is 1. The number of benzene rings is 1. The van der Waals surface area contributed by atoms with Crippen molar-refractivity contribution < 1.29 is 19.1 Å². The average Bonchev–Trinajstić information content (AvgIpc) is 3.21. The molecule has 4 aliphatic carbocycles. The van der Waals surface area contributed by atoms with Gasteiger partial charge in [0, 0.05) is 12.0 Å². The molecule has 1 N–H and O–H groups in total. The molecule has 5 rings (SSSR count). The zero-order valence-corrected chi connectivity index (χ0v) is 21.8. The van der Waals surface area contributed by atoms with E-state index in [0.717, 1.165) is 44.0 Å². The van der Waals surface area contributed by atoms with E-state index in [4.69, 9.17) is 5.11 Å². The maximum Gasteiger partial charge on any atom is 0.163 e. The SMILES string of the molecule is CC(C)(C)O.C[C@]12CCC(C=O)=CC1=CC[C@H]1[C@@H]3CCC[C@@]3(CC(=O)c3ccc(F)cc3)CC[C@@H]12. The van der Waals surface area contributed by atoms with Crippen molar-refractivity contribution in [3.05, 3.63) is 58.9 Å². The van der Waals surface area contributed by atoms with Crippen LogP contribution in [0.2, 0.25) is 0 Å². The quantitative estimate of drug-likeness (QED) is 0.365. The molecule has 0 amide bonds. The number of aliphatic hydroxyl groups is 1. The largest absolute Gasteiger partial charge is 0.391 e. The van der Waals surface area contributed by atoms with E-state index in [2.05, 4.69) is 19.1 Å². The van der Waals surface area contributed by atoms with Gasteiger partial charge in [0.15, 0.2) is 5.78 Å². The second-order valence-electron chi connectivity index (χ2n) is 12.6. The fraction of sp³-hybridized carbons (Fsp3) is 0.613. The highest BCUT2D eigenvalue weighted by molar-refractivity contribution is 5.96. The van der Waals surface area contributed by atoms with Gasteiger partial charge in [-0.3, -0.25) is 9.59 Å². The summed E-state index contributed by atoms with van der Waals surface area (Å²) in [6.07, 6.45) is 15.1. The van der Waals surface area contributed by atoms with Crippen LogP contribution < -0.4 is 0 Å². The van der Waals surface area contributed by atoms with Gasteiger partial charge in [-0.05, 0) is 130 Å². The van der Waals surface area contributed by atoms with Crippen LogP contribution in [-0.4, -0.2) is 22.8 Å². The van der Waals surface area contributed by atoms with E-state index in [9.17, 15) is 14.0 Å². The highest BCUT2D eigenvalue weighted by Crippen LogP contribution is 2.65. The molecule has 0 aliphatic heterocycles. The van der Waals surface area contributed by atoms with E-state index in [-0.39, 0.29) is 22.4 Å². The third-order valence-electron chi connectivity index (χ3n) is 9.16. The zero-order chi connectivity index (χ0) is 25.4. The number of hydrogen-bond acceptors (Lipinski definition) is 3. The number of fused-ring (bicyclic) bond motifs is 5. The Hall–Kier alpha value is -2.07. The van der Waals surface area contributed by atoms with E-state index in [1.165, 1.54) is 37.0 Å². The third kappa shape index (κ3) is 5.38. The Morgan fingerprint density at radius 1 is 1.11 bits per heavy atom. The Morgan fingerprint density at radius 2 is 1.80 bits per heavy atom. The first-order valence-corrected chi connectivity index (χ1v) is 13.3. The van der Waals surface area contributed by atoms with Gasteiger partial charge < -0.3 is 5.11 Å². The Balaban J connectivity index is 0.000000527. The lowest BCUT2D eigenvalue weighted by Gasteiger charge is -2.57. The lowest BCUT2D eigenvalue weighted by Crippen LogP contribution is -2.49. The van der Waals surface area contributed by atoms with Gasteiger partial charge in [0.2, 0.25) is 0 Å². The molecule has 0 heterocycles. The Bertz CT molecular complexity index is 1010. The van der Waals surface area contributed by atoms with Crippen molar-refractivity contribution in [3.63, 3.8) is 0 Å². The van der Waals surface area contributed by atoms with Crippen LogP contribution in [0.4, 0.5) is 4.39 Å². The summed E-state index contributed by atoms with van der Waals surface area (Å²) >= 11 is 0. The number of Topliss-reactive ketones (excluding diaryl/α,β-unsaturated/α-hetero) is 1. The van der Waals surface area contributed by atoms with Gasteiger partial charge in [0.25, 0.3) is 0 Å². The Morgan fingerprint density at radius 3 is 2.46 bits per heavy atom. The van der Waals surface area contributed by atoms with Crippen LogP contribution in [0.15, 0.2) is 47.6 Å². The first-order valence-electron chi connectivity index (χ1n) is 13.3. The molecule has 0 bridgehead atoms. The second-order valence-corrected chi connectivity index (χ2v) is 12.6. The van der Waals surface area contributed by atoms with Gasteiger partial charge in [0.05, 0.1) is 5.60 Å². The van der Waals surface area contributed by atoms with Gasteiger partial charge in [-0.25, -0.2) is 4.39 Å². The molecule has 1 aromatic carbocycles. The predicted molar refractivity (Wildman–Crippen MR) is 137 cm³/mol. The monoisotopic (exact) mass is 480 g/mol. The summed E-state index contributed by atoms with van der Waals surface area (Å²) < 4.78 is 13.3. The van der Waals surface area contributed by atoms with E-state index in [1.807, 2.05) is 0 Å². The van der Waals surface area contributed by atoms with Crippen LogP contribution in [0.25, 0.3) is 0 Å². The molecule has 0 unspecified atom stereocenters. The number of carbonyl (C=O) groups excluding carboxylic acids is 2. The van der Waals surface area contributed by atoms with Crippen LogP contribution >= 0.6 is 0 Å². The number of allylic oxidation sites excluding steroid dienone is 4. The first kappa shape index (κ1) is 26.0. The van der Waals surface area contributed by atoms with Crippen LogP contribution in [0.5, 0.6) is 0 Å². The molecule has 4 aliphatic rings. The molecule has 2 fully saturated rings.